The number of ketones is 1. The first kappa shape index (κ1) is 34.3. The molecule has 0 saturated heterocycles. The van der Waals surface area contributed by atoms with E-state index in [0.29, 0.717) is 29.0 Å². The van der Waals surface area contributed by atoms with E-state index in [1.165, 1.54) is 33.3 Å². The number of hydrogen-bond donors (Lipinski definition) is 1. The summed E-state index contributed by atoms with van der Waals surface area (Å²) in [5.41, 5.74) is 4.07. The van der Waals surface area contributed by atoms with E-state index >= 15 is 0 Å². The van der Waals surface area contributed by atoms with Gasteiger partial charge in [0.15, 0.2) is 11.0 Å². The third-order valence-electron chi connectivity index (χ3n) is 7.90. The first-order valence-electron chi connectivity index (χ1n) is 15.9. The second kappa shape index (κ2) is 15.7. The molecule has 0 bridgehead atoms. The number of hydrogen-bond acceptors (Lipinski definition) is 8. The van der Waals surface area contributed by atoms with Crippen LogP contribution in [-0.4, -0.2) is 52.1 Å². The number of thioether (sulfide) groups is 1. The summed E-state index contributed by atoms with van der Waals surface area (Å²) >= 11 is 0.926. The summed E-state index contributed by atoms with van der Waals surface area (Å²) in [6.07, 6.45) is 1.34. The molecule has 6 aromatic rings. The number of tetrazole rings is 1. The molecule has 0 fully saturated rings. The van der Waals surface area contributed by atoms with Crippen LogP contribution >= 0.6 is 11.8 Å². The minimum Gasteiger partial charge on any atom is -0.325 e. The highest BCUT2D eigenvalue weighted by atomic mass is 32.2. The number of aromatic nitrogens is 4. The second-order valence-corrected chi connectivity index (χ2v) is 14.4. The van der Waals surface area contributed by atoms with Crippen LogP contribution in [0.4, 0.5) is 11.4 Å². The number of Topliss-reactive ketones (excluding diaryl/α,β-unsaturated/α-hetero) is 1. The van der Waals surface area contributed by atoms with E-state index in [-0.39, 0.29) is 16.6 Å². The maximum absolute atomic E-state index is 14.0. The van der Waals surface area contributed by atoms with Crippen molar-refractivity contribution in [3.63, 3.8) is 0 Å². The largest absolute Gasteiger partial charge is 0.325 e. The fourth-order valence-electron chi connectivity index (χ4n) is 5.28. The quantitative estimate of drug-likeness (QED) is 0.0748. The maximum Gasteiger partial charge on any atom is 0.264 e. The van der Waals surface area contributed by atoms with Crippen LogP contribution < -0.4 is 9.62 Å². The molecule has 10 nitrogen and oxygen atoms in total. The summed E-state index contributed by atoms with van der Waals surface area (Å²) in [6, 6.07) is 41.0. The topological polar surface area (TPSA) is 127 Å². The molecule has 252 valence electrons. The SMILES string of the molecule is Cc1ccc(N(CCCc2ccccc2)S(=O)(=O)c2ccc(NC(=O)C(Sc3nnnn3-c3ccccc3)C(=O)c3ccccc3)cc2)cc1. The van der Waals surface area contributed by atoms with Gasteiger partial charge in [0, 0.05) is 17.8 Å². The molecule has 12 heteroatoms. The lowest BCUT2D eigenvalue weighted by atomic mass is 10.1. The predicted octanol–water partition coefficient (Wildman–Crippen LogP) is 6.78. The third-order valence-corrected chi connectivity index (χ3v) is 10.9. The van der Waals surface area contributed by atoms with E-state index in [0.717, 1.165) is 29.3 Å². The van der Waals surface area contributed by atoms with Crippen molar-refractivity contribution in [2.75, 3.05) is 16.2 Å². The van der Waals surface area contributed by atoms with Gasteiger partial charge in [-0.2, -0.15) is 4.68 Å². The van der Waals surface area contributed by atoms with Crippen LogP contribution in [0.5, 0.6) is 0 Å². The van der Waals surface area contributed by atoms with Gasteiger partial charge in [-0.3, -0.25) is 13.9 Å². The summed E-state index contributed by atoms with van der Waals surface area (Å²) in [5.74, 6) is -1.04. The molecule has 1 atom stereocenters. The smallest absolute Gasteiger partial charge is 0.264 e. The summed E-state index contributed by atoms with van der Waals surface area (Å²) in [7, 11) is -3.96. The van der Waals surface area contributed by atoms with Crippen molar-refractivity contribution in [1.29, 1.82) is 0 Å². The van der Waals surface area contributed by atoms with Gasteiger partial charge in [-0.15, -0.1) is 5.10 Å². The van der Waals surface area contributed by atoms with Crippen molar-refractivity contribution in [2.45, 2.75) is 35.1 Å². The van der Waals surface area contributed by atoms with Crippen molar-refractivity contribution < 1.29 is 18.0 Å². The number of para-hydroxylation sites is 1. The van der Waals surface area contributed by atoms with Gasteiger partial charge < -0.3 is 5.32 Å². The normalized spacial score (nSPS) is 11.9. The van der Waals surface area contributed by atoms with Crippen LogP contribution in [0.1, 0.15) is 27.9 Å². The maximum atomic E-state index is 14.0. The van der Waals surface area contributed by atoms with E-state index in [1.807, 2.05) is 79.7 Å². The molecule has 5 aromatic carbocycles. The molecular weight excluding hydrogens is 669 g/mol. The number of carbonyl (C=O) groups is 2. The Hall–Kier alpha value is -5.59. The monoisotopic (exact) mass is 702 g/mol. The Morgan fingerprint density at radius 3 is 2.08 bits per heavy atom. The first-order chi connectivity index (χ1) is 24.3. The molecular formula is C38H34N6O4S2. The van der Waals surface area contributed by atoms with E-state index in [1.54, 1.807) is 42.5 Å². The summed E-state index contributed by atoms with van der Waals surface area (Å²) < 4.78 is 31.0. The highest BCUT2D eigenvalue weighted by Crippen LogP contribution is 2.29. The zero-order chi connectivity index (χ0) is 34.9. The van der Waals surface area contributed by atoms with Gasteiger partial charge in [0.25, 0.3) is 10.0 Å². The van der Waals surface area contributed by atoms with Crippen LogP contribution in [0.3, 0.4) is 0 Å². The Bertz CT molecular complexity index is 2140. The molecule has 0 saturated carbocycles. The van der Waals surface area contributed by atoms with Crippen molar-refractivity contribution in [1.82, 2.24) is 20.2 Å². The lowest BCUT2D eigenvalue weighted by molar-refractivity contribution is -0.115. The highest BCUT2D eigenvalue weighted by Gasteiger charge is 2.32. The third kappa shape index (κ3) is 8.16. The van der Waals surface area contributed by atoms with Crippen LogP contribution in [0.15, 0.2) is 150 Å². The van der Waals surface area contributed by atoms with Crippen molar-refractivity contribution >= 4 is 44.9 Å². The van der Waals surface area contributed by atoms with Crippen LogP contribution in [0.25, 0.3) is 5.69 Å². The fourth-order valence-corrected chi connectivity index (χ4v) is 7.73. The van der Waals surface area contributed by atoms with E-state index < -0.39 is 27.0 Å². The van der Waals surface area contributed by atoms with Crippen LogP contribution in [0, 0.1) is 6.92 Å². The number of anilines is 2. The lowest BCUT2D eigenvalue weighted by Gasteiger charge is -2.25. The minimum absolute atomic E-state index is 0.0732. The molecule has 1 heterocycles. The second-order valence-electron chi connectivity index (χ2n) is 11.5. The average Bonchev–Trinajstić information content (AvgIpc) is 3.62. The molecule has 0 aliphatic rings. The lowest BCUT2D eigenvalue weighted by Crippen LogP contribution is -2.33. The molecule has 6 rings (SSSR count). The van der Waals surface area contributed by atoms with Crippen molar-refractivity contribution in [3.05, 3.63) is 156 Å². The fraction of sp³-hybridized carbons (Fsp3) is 0.132. The molecule has 1 N–H and O–H groups in total. The number of nitrogens with zero attached hydrogens (tertiary/aromatic N) is 5. The molecule has 0 radical (unpaired) electrons. The Morgan fingerprint density at radius 1 is 0.800 bits per heavy atom. The first-order valence-corrected chi connectivity index (χ1v) is 18.3. The summed E-state index contributed by atoms with van der Waals surface area (Å²) in [5, 5.41) is 13.7. The average molecular weight is 703 g/mol. The number of sulfonamides is 1. The molecule has 50 heavy (non-hydrogen) atoms. The predicted molar refractivity (Wildman–Crippen MR) is 195 cm³/mol. The van der Waals surface area contributed by atoms with Gasteiger partial charge in [-0.05, 0) is 84.3 Å². The van der Waals surface area contributed by atoms with E-state index in [9.17, 15) is 18.0 Å². The van der Waals surface area contributed by atoms with Gasteiger partial charge >= 0.3 is 0 Å². The molecule has 1 aromatic heterocycles. The minimum atomic E-state index is -3.96. The zero-order valence-electron chi connectivity index (χ0n) is 27.2. The van der Waals surface area contributed by atoms with Gasteiger partial charge in [-0.1, -0.05) is 108 Å². The molecule has 0 spiro atoms. The Kier molecular flexibility index (Phi) is 10.8. The zero-order valence-corrected chi connectivity index (χ0v) is 28.8. The van der Waals surface area contributed by atoms with Crippen molar-refractivity contribution in [2.24, 2.45) is 0 Å². The number of benzene rings is 5. The van der Waals surface area contributed by atoms with Crippen LogP contribution in [-0.2, 0) is 21.2 Å². The molecule has 0 aliphatic carbocycles. The number of amides is 1. The molecule has 1 amide bonds. The van der Waals surface area contributed by atoms with Gasteiger partial charge in [0.1, 0.15) is 0 Å². The number of aryl methyl sites for hydroxylation is 2. The van der Waals surface area contributed by atoms with Gasteiger partial charge in [-0.25, -0.2) is 8.42 Å². The summed E-state index contributed by atoms with van der Waals surface area (Å²) in [4.78, 5) is 27.6. The highest BCUT2D eigenvalue weighted by molar-refractivity contribution is 8.01. The standard InChI is InChI=1S/C38H34N6O4S2/c1-28-19-23-32(24-20-28)43(27-11-14-29-12-5-2-6-13-29)50(47,48)34-25-21-31(22-26-34)39-37(46)36(35(45)30-15-7-3-8-16-30)49-38-40-41-42-44(38)33-17-9-4-10-18-33/h2-10,12-13,15-26,36H,11,14,27H2,1H3,(H,39,46). The van der Waals surface area contributed by atoms with E-state index in [4.69, 9.17) is 0 Å². The Morgan fingerprint density at radius 2 is 1.42 bits per heavy atom. The Balaban J connectivity index is 1.22. The van der Waals surface area contributed by atoms with Crippen molar-refractivity contribution in [3.8, 4) is 5.69 Å². The summed E-state index contributed by atoms with van der Waals surface area (Å²) in [6.45, 7) is 2.23. The van der Waals surface area contributed by atoms with E-state index in [2.05, 4.69) is 20.8 Å². The molecule has 1 unspecified atom stereocenters. The number of rotatable bonds is 14. The Labute approximate surface area is 295 Å². The van der Waals surface area contributed by atoms with Gasteiger partial charge in [0.2, 0.25) is 11.1 Å². The van der Waals surface area contributed by atoms with Gasteiger partial charge in [0.05, 0.1) is 16.3 Å². The van der Waals surface area contributed by atoms with Crippen LogP contribution in [0.2, 0.25) is 0 Å². The molecule has 0 aliphatic heterocycles. The number of carbonyl (C=O) groups excluding carboxylic acids is 2. The number of nitrogens with one attached hydrogen (secondary N) is 1.